The number of thiophene rings is 1. The van der Waals surface area contributed by atoms with Gasteiger partial charge in [-0.15, -0.1) is 11.3 Å². The van der Waals surface area contributed by atoms with E-state index in [4.69, 9.17) is 0 Å². The Hall–Kier alpha value is -0.200. The van der Waals surface area contributed by atoms with E-state index in [2.05, 4.69) is 38.5 Å². The Morgan fingerprint density at radius 2 is 2.12 bits per heavy atom. The second-order valence-electron chi connectivity index (χ2n) is 3.39. The van der Waals surface area contributed by atoms with Crippen molar-refractivity contribution in [1.29, 1.82) is 0 Å². The van der Waals surface area contributed by atoms with Gasteiger partial charge >= 0.3 is 0 Å². The standard InChI is InChI=1S/C12H8BrIOS/c1-7-4-5-16-12(7)11(15)9-6-8(13)2-3-10(9)14/h2-6H,1H3. The molecule has 0 bridgehead atoms. The minimum Gasteiger partial charge on any atom is -0.288 e. The monoisotopic (exact) mass is 406 g/mol. The number of carbonyl (C=O) groups is 1. The van der Waals surface area contributed by atoms with Crippen LogP contribution in [0.25, 0.3) is 0 Å². The molecular weight excluding hydrogens is 399 g/mol. The van der Waals surface area contributed by atoms with E-state index >= 15 is 0 Å². The molecule has 0 fully saturated rings. The average Bonchev–Trinajstić information content (AvgIpc) is 2.67. The van der Waals surface area contributed by atoms with Gasteiger partial charge in [-0.05, 0) is 64.7 Å². The summed E-state index contributed by atoms with van der Waals surface area (Å²) in [5.74, 6) is 0.109. The highest BCUT2D eigenvalue weighted by Gasteiger charge is 2.15. The molecule has 1 nitrogen and oxygen atoms in total. The Bertz CT molecular complexity index is 548. The van der Waals surface area contributed by atoms with Gasteiger partial charge in [0.1, 0.15) is 0 Å². The maximum atomic E-state index is 12.3. The summed E-state index contributed by atoms with van der Waals surface area (Å²) in [7, 11) is 0. The molecule has 0 spiro atoms. The van der Waals surface area contributed by atoms with E-state index in [9.17, 15) is 4.79 Å². The molecule has 1 aromatic heterocycles. The highest BCUT2D eigenvalue weighted by molar-refractivity contribution is 14.1. The molecule has 16 heavy (non-hydrogen) atoms. The topological polar surface area (TPSA) is 17.1 Å². The van der Waals surface area contributed by atoms with Crippen LogP contribution in [0.1, 0.15) is 20.8 Å². The van der Waals surface area contributed by atoms with Crippen molar-refractivity contribution in [3.05, 3.63) is 53.7 Å². The van der Waals surface area contributed by atoms with Crippen LogP contribution < -0.4 is 0 Å². The second kappa shape index (κ2) is 4.98. The first-order valence-corrected chi connectivity index (χ1v) is 7.38. The fraction of sp³-hybridized carbons (Fsp3) is 0.0833. The summed E-state index contributed by atoms with van der Waals surface area (Å²) >= 11 is 7.08. The number of hydrogen-bond acceptors (Lipinski definition) is 2. The highest BCUT2D eigenvalue weighted by Crippen LogP contribution is 2.25. The molecule has 0 atom stereocenters. The summed E-state index contributed by atoms with van der Waals surface area (Å²) in [6, 6.07) is 7.74. The molecule has 2 aromatic rings. The van der Waals surface area contributed by atoms with E-state index in [-0.39, 0.29) is 5.78 Å². The fourth-order valence-corrected chi connectivity index (χ4v) is 3.22. The van der Waals surface area contributed by atoms with Gasteiger partial charge in [0, 0.05) is 13.6 Å². The van der Waals surface area contributed by atoms with Crippen molar-refractivity contribution in [3.8, 4) is 0 Å². The third-order valence-corrected chi connectivity index (χ3v) is 4.69. The molecule has 4 heteroatoms. The summed E-state index contributed by atoms with van der Waals surface area (Å²) < 4.78 is 1.92. The van der Waals surface area contributed by atoms with Crippen LogP contribution in [0.4, 0.5) is 0 Å². The molecule has 0 aliphatic carbocycles. The second-order valence-corrected chi connectivity index (χ2v) is 6.38. The van der Waals surface area contributed by atoms with Crippen molar-refractivity contribution in [1.82, 2.24) is 0 Å². The van der Waals surface area contributed by atoms with Crippen LogP contribution in [-0.2, 0) is 0 Å². The van der Waals surface area contributed by atoms with E-state index in [0.29, 0.717) is 0 Å². The number of ketones is 1. The van der Waals surface area contributed by atoms with Crippen molar-refractivity contribution in [2.75, 3.05) is 0 Å². The van der Waals surface area contributed by atoms with Gasteiger partial charge in [-0.25, -0.2) is 0 Å². The Labute approximate surface area is 120 Å². The number of rotatable bonds is 2. The number of carbonyl (C=O) groups excluding carboxylic acids is 1. The van der Waals surface area contributed by atoms with Crippen molar-refractivity contribution in [2.45, 2.75) is 6.92 Å². The summed E-state index contributed by atoms with van der Waals surface area (Å²) in [6.45, 7) is 1.97. The van der Waals surface area contributed by atoms with E-state index in [0.717, 1.165) is 24.0 Å². The van der Waals surface area contributed by atoms with Crippen LogP contribution in [-0.4, -0.2) is 5.78 Å². The maximum absolute atomic E-state index is 12.3. The molecule has 1 aromatic carbocycles. The molecule has 82 valence electrons. The van der Waals surface area contributed by atoms with E-state index in [1.165, 1.54) is 11.3 Å². The SMILES string of the molecule is Cc1ccsc1C(=O)c1cc(Br)ccc1I. The van der Waals surface area contributed by atoms with E-state index < -0.39 is 0 Å². The molecule has 2 rings (SSSR count). The normalized spacial score (nSPS) is 10.4. The third-order valence-electron chi connectivity index (χ3n) is 2.24. The molecule has 0 aliphatic heterocycles. The maximum Gasteiger partial charge on any atom is 0.204 e. The van der Waals surface area contributed by atoms with Gasteiger partial charge in [0.25, 0.3) is 0 Å². The molecule has 0 radical (unpaired) electrons. The van der Waals surface area contributed by atoms with Gasteiger partial charge in [-0.1, -0.05) is 15.9 Å². The van der Waals surface area contributed by atoms with E-state index in [1.807, 2.05) is 36.6 Å². The Morgan fingerprint density at radius 3 is 2.75 bits per heavy atom. The zero-order chi connectivity index (χ0) is 11.7. The van der Waals surface area contributed by atoms with Gasteiger partial charge in [-0.3, -0.25) is 4.79 Å². The first-order chi connectivity index (χ1) is 7.59. The predicted molar refractivity (Wildman–Crippen MR) is 79.3 cm³/mol. The first kappa shape index (κ1) is 12.3. The average molecular weight is 407 g/mol. The molecular formula is C12H8BrIOS. The van der Waals surface area contributed by atoms with Crippen LogP contribution in [0.3, 0.4) is 0 Å². The predicted octanol–water partition coefficient (Wildman–Crippen LogP) is 4.65. The summed E-state index contributed by atoms with van der Waals surface area (Å²) in [5.41, 5.74) is 1.81. The summed E-state index contributed by atoms with van der Waals surface area (Å²) in [6.07, 6.45) is 0. The van der Waals surface area contributed by atoms with Crippen LogP contribution in [0.2, 0.25) is 0 Å². The number of hydrogen-bond donors (Lipinski definition) is 0. The lowest BCUT2D eigenvalue weighted by atomic mass is 10.1. The van der Waals surface area contributed by atoms with Gasteiger partial charge in [0.05, 0.1) is 4.88 Å². The highest BCUT2D eigenvalue weighted by atomic mass is 127. The Balaban J connectivity index is 2.49. The zero-order valence-electron chi connectivity index (χ0n) is 8.46. The largest absolute Gasteiger partial charge is 0.288 e. The summed E-state index contributed by atoms with van der Waals surface area (Å²) in [4.78, 5) is 13.1. The van der Waals surface area contributed by atoms with Crippen molar-refractivity contribution < 1.29 is 4.79 Å². The first-order valence-electron chi connectivity index (χ1n) is 4.63. The minimum atomic E-state index is 0.109. The number of halogens is 2. The molecule has 1 heterocycles. The molecule has 0 aliphatic rings. The van der Waals surface area contributed by atoms with Crippen LogP contribution in [0.5, 0.6) is 0 Å². The van der Waals surface area contributed by atoms with Crippen molar-refractivity contribution >= 4 is 55.6 Å². The van der Waals surface area contributed by atoms with Crippen LogP contribution in [0.15, 0.2) is 34.1 Å². The quantitative estimate of drug-likeness (QED) is 0.523. The molecule has 0 unspecified atom stereocenters. The van der Waals surface area contributed by atoms with E-state index in [1.54, 1.807) is 0 Å². The summed E-state index contributed by atoms with van der Waals surface area (Å²) in [5, 5.41) is 1.95. The smallest absolute Gasteiger partial charge is 0.204 e. The molecule has 0 N–H and O–H groups in total. The van der Waals surface area contributed by atoms with Gasteiger partial charge in [-0.2, -0.15) is 0 Å². The van der Waals surface area contributed by atoms with Crippen molar-refractivity contribution in [3.63, 3.8) is 0 Å². The van der Waals surface area contributed by atoms with Crippen LogP contribution in [0, 0.1) is 10.5 Å². The van der Waals surface area contributed by atoms with Crippen LogP contribution >= 0.6 is 49.9 Å². The lowest BCUT2D eigenvalue weighted by Gasteiger charge is -2.03. The van der Waals surface area contributed by atoms with Gasteiger partial charge in [0.2, 0.25) is 5.78 Å². The fourth-order valence-electron chi connectivity index (χ4n) is 1.40. The number of aryl methyl sites for hydroxylation is 1. The Kier molecular flexibility index (Phi) is 3.81. The van der Waals surface area contributed by atoms with Gasteiger partial charge in [0.15, 0.2) is 0 Å². The third kappa shape index (κ3) is 2.38. The molecule has 0 saturated carbocycles. The molecule has 0 amide bonds. The zero-order valence-corrected chi connectivity index (χ0v) is 13.0. The Morgan fingerprint density at radius 1 is 1.38 bits per heavy atom. The molecule has 0 saturated heterocycles. The van der Waals surface area contributed by atoms with Gasteiger partial charge < -0.3 is 0 Å². The lowest BCUT2D eigenvalue weighted by Crippen LogP contribution is -2.02. The van der Waals surface area contributed by atoms with Crippen molar-refractivity contribution in [2.24, 2.45) is 0 Å². The minimum absolute atomic E-state index is 0.109. The number of benzene rings is 1. The lowest BCUT2D eigenvalue weighted by molar-refractivity contribution is 0.104.